The fourth-order valence-electron chi connectivity index (χ4n) is 3.82. The molecule has 0 saturated carbocycles. The van der Waals surface area contributed by atoms with Crippen molar-refractivity contribution in [2.75, 3.05) is 13.2 Å². The summed E-state index contributed by atoms with van der Waals surface area (Å²) >= 11 is 1.58. The van der Waals surface area contributed by atoms with E-state index in [2.05, 4.69) is 16.8 Å². The second-order valence-electron chi connectivity index (χ2n) is 7.08. The molecule has 2 aliphatic heterocycles. The maximum Gasteiger partial charge on any atom is 0.261 e. The van der Waals surface area contributed by atoms with E-state index in [0.29, 0.717) is 49.9 Å². The lowest BCUT2D eigenvalue weighted by atomic mass is 10.1. The highest BCUT2D eigenvalue weighted by Crippen LogP contribution is 2.31. The Hall–Kier alpha value is -2.53. The van der Waals surface area contributed by atoms with Gasteiger partial charge in [0.1, 0.15) is 11.5 Å². The number of hydrogen-bond acceptors (Lipinski definition) is 6. The van der Waals surface area contributed by atoms with Crippen molar-refractivity contribution in [3.63, 3.8) is 0 Å². The van der Waals surface area contributed by atoms with Crippen LogP contribution in [0.2, 0.25) is 0 Å². The van der Waals surface area contributed by atoms with Gasteiger partial charge in [-0.15, -0.1) is 11.3 Å². The summed E-state index contributed by atoms with van der Waals surface area (Å²) in [5.74, 6) is 6.46. The SMILES string of the molecule is Cc1scnc1C#Cc1ccc2c(=O)n3c(nc2c1)CCC1(CC3)OCCO1. The molecule has 4 heterocycles. The predicted molar refractivity (Wildman–Crippen MR) is 106 cm³/mol. The lowest BCUT2D eigenvalue weighted by Gasteiger charge is -2.24. The summed E-state index contributed by atoms with van der Waals surface area (Å²) < 4.78 is 13.4. The van der Waals surface area contributed by atoms with Crippen molar-refractivity contribution in [2.24, 2.45) is 0 Å². The Bertz CT molecular complexity index is 1180. The van der Waals surface area contributed by atoms with Crippen molar-refractivity contribution in [3.8, 4) is 11.8 Å². The molecule has 1 saturated heterocycles. The summed E-state index contributed by atoms with van der Waals surface area (Å²) in [4.78, 5) is 23.2. The largest absolute Gasteiger partial charge is 0.347 e. The van der Waals surface area contributed by atoms with Crippen molar-refractivity contribution in [1.29, 1.82) is 0 Å². The number of aryl methyl sites for hydroxylation is 2. The smallest absolute Gasteiger partial charge is 0.261 e. The van der Waals surface area contributed by atoms with Gasteiger partial charge in [0.25, 0.3) is 5.56 Å². The van der Waals surface area contributed by atoms with Gasteiger partial charge in [-0.25, -0.2) is 9.97 Å². The first-order chi connectivity index (χ1) is 13.6. The number of hydrogen-bond donors (Lipinski definition) is 0. The van der Waals surface area contributed by atoms with E-state index in [0.717, 1.165) is 22.0 Å². The minimum atomic E-state index is -0.561. The topological polar surface area (TPSA) is 66.2 Å². The maximum absolute atomic E-state index is 13.0. The lowest BCUT2D eigenvalue weighted by Crippen LogP contribution is -2.31. The first-order valence-corrected chi connectivity index (χ1v) is 10.3. The molecule has 0 N–H and O–H groups in total. The van der Waals surface area contributed by atoms with Crippen molar-refractivity contribution in [1.82, 2.24) is 14.5 Å². The summed E-state index contributed by atoms with van der Waals surface area (Å²) in [5, 5.41) is 0.614. The van der Waals surface area contributed by atoms with Crippen LogP contribution in [0, 0.1) is 18.8 Å². The molecule has 2 aromatic heterocycles. The molecule has 1 aromatic carbocycles. The van der Waals surface area contributed by atoms with Gasteiger partial charge in [0, 0.05) is 36.2 Å². The first kappa shape index (κ1) is 17.6. The van der Waals surface area contributed by atoms with Crippen LogP contribution in [0.3, 0.4) is 0 Å². The van der Waals surface area contributed by atoms with Crippen LogP contribution in [0.15, 0.2) is 28.5 Å². The van der Waals surface area contributed by atoms with Crippen LogP contribution in [-0.2, 0) is 22.4 Å². The van der Waals surface area contributed by atoms with E-state index >= 15 is 0 Å². The summed E-state index contributed by atoms with van der Waals surface area (Å²) in [5.41, 5.74) is 4.08. The van der Waals surface area contributed by atoms with E-state index in [4.69, 9.17) is 14.5 Å². The van der Waals surface area contributed by atoms with Gasteiger partial charge in [-0.05, 0) is 31.0 Å². The average molecular weight is 393 g/mol. The lowest BCUT2D eigenvalue weighted by molar-refractivity contribution is -0.165. The number of nitrogens with zero attached hydrogens (tertiary/aromatic N) is 3. The number of benzene rings is 1. The van der Waals surface area contributed by atoms with Gasteiger partial charge in [0.2, 0.25) is 0 Å². The maximum atomic E-state index is 13.0. The van der Waals surface area contributed by atoms with Gasteiger partial charge in [-0.3, -0.25) is 9.36 Å². The van der Waals surface area contributed by atoms with E-state index in [1.807, 2.05) is 25.1 Å². The normalized spacial score (nSPS) is 17.9. The number of ether oxygens (including phenoxy) is 2. The molecule has 0 amide bonds. The quantitative estimate of drug-likeness (QED) is 0.550. The van der Waals surface area contributed by atoms with Gasteiger partial charge < -0.3 is 9.47 Å². The molecular formula is C21H19N3O3S. The molecule has 28 heavy (non-hydrogen) atoms. The molecule has 1 spiro atoms. The fourth-order valence-corrected chi connectivity index (χ4v) is 4.35. The van der Waals surface area contributed by atoms with Crippen LogP contribution >= 0.6 is 11.3 Å². The molecule has 6 nitrogen and oxygen atoms in total. The van der Waals surface area contributed by atoms with E-state index in [1.165, 1.54) is 0 Å². The highest BCUT2D eigenvalue weighted by molar-refractivity contribution is 7.09. The number of rotatable bonds is 0. The van der Waals surface area contributed by atoms with Crippen molar-refractivity contribution in [2.45, 2.75) is 38.5 Å². The van der Waals surface area contributed by atoms with Crippen LogP contribution < -0.4 is 5.56 Å². The summed E-state index contributed by atoms with van der Waals surface area (Å²) in [6, 6.07) is 5.57. The zero-order valence-corrected chi connectivity index (χ0v) is 16.3. The Morgan fingerprint density at radius 2 is 2.07 bits per heavy atom. The van der Waals surface area contributed by atoms with Gasteiger partial charge >= 0.3 is 0 Å². The molecule has 7 heteroatoms. The molecule has 1 fully saturated rings. The predicted octanol–water partition coefficient (Wildman–Crippen LogP) is 2.64. The van der Waals surface area contributed by atoms with Crippen molar-refractivity contribution in [3.05, 3.63) is 56.0 Å². The van der Waals surface area contributed by atoms with Gasteiger partial charge in [0.05, 0.1) is 29.6 Å². The summed E-state index contributed by atoms with van der Waals surface area (Å²) in [6.07, 6.45) is 2.04. The van der Waals surface area contributed by atoms with Crippen LogP contribution in [0.4, 0.5) is 0 Å². The second kappa shape index (κ2) is 6.82. The number of aromatic nitrogens is 3. The number of fused-ring (bicyclic) bond motifs is 2. The Morgan fingerprint density at radius 3 is 2.86 bits per heavy atom. The summed E-state index contributed by atoms with van der Waals surface area (Å²) in [7, 11) is 0. The van der Waals surface area contributed by atoms with E-state index < -0.39 is 5.79 Å². The molecule has 0 radical (unpaired) electrons. The Kier molecular flexibility index (Phi) is 4.27. The van der Waals surface area contributed by atoms with E-state index in [1.54, 1.807) is 21.4 Å². The monoisotopic (exact) mass is 393 g/mol. The molecule has 142 valence electrons. The third-order valence-corrected chi connectivity index (χ3v) is 6.12. The first-order valence-electron chi connectivity index (χ1n) is 9.37. The zero-order valence-electron chi connectivity index (χ0n) is 15.5. The van der Waals surface area contributed by atoms with Crippen LogP contribution in [-0.4, -0.2) is 33.5 Å². The summed E-state index contributed by atoms with van der Waals surface area (Å²) in [6.45, 7) is 3.79. The van der Waals surface area contributed by atoms with Crippen LogP contribution in [0.25, 0.3) is 10.9 Å². The Morgan fingerprint density at radius 1 is 1.21 bits per heavy atom. The molecule has 5 rings (SSSR count). The van der Waals surface area contributed by atoms with Crippen LogP contribution in [0.1, 0.15) is 34.8 Å². The van der Waals surface area contributed by atoms with E-state index in [-0.39, 0.29) is 5.56 Å². The molecule has 0 bridgehead atoms. The van der Waals surface area contributed by atoms with Gasteiger partial charge in [-0.1, -0.05) is 5.92 Å². The Labute approximate surface area is 166 Å². The molecular weight excluding hydrogens is 374 g/mol. The minimum Gasteiger partial charge on any atom is -0.347 e. The van der Waals surface area contributed by atoms with Gasteiger partial charge in [-0.2, -0.15) is 0 Å². The average Bonchev–Trinajstić information content (AvgIpc) is 3.28. The second-order valence-corrected chi connectivity index (χ2v) is 8.14. The van der Waals surface area contributed by atoms with Crippen molar-refractivity contribution < 1.29 is 9.47 Å². The zero-order chi connectivity index (χ0) is 19.1. The molecule has 0 atom stereocenters. The highest BCUT2D eigenvalue weighted by atomic mass is 32.1. The molecule has 0 unspecified atom stereocenters. The van der Waals surface area contributed by atoms with Crippen LogP contribution in [0.5, 0.6) is 0 Å². The fraction of sp³-hybridized carbons (Fsp3) is 0.381. The molecule has 2 aliphatic rings. The standard InChI is InChI=1S/C21H19N3O3S/c1-14-17(22-13-28-14)5-3-15-2-4-16-18(12-15)23-19-6-7-21(26-10-11-27-21)8-9-24(19)20(16)25/h2,4,12-13H,6-11H2,1H3. The third kappa shape index (κ3) is 3.04. The Balaban J connectivity index is 1.53. The molecule has 0 aliphatic carbocycles. The van der Waals surface area contributed by atoms with Gasteiger partial charge in [0.15, 0.2) is 5.79 Å². The number of thiazole rings is 1. The van der Waals surface area contributed by atoms with E-state index in [9.17, 15) is 4.79 Å². The molecule has 3 aromatic rings. The van der Waals surface area contributed by atoms with Crippen molar-refractivity contribution >= 4 is 22.2 Å². The highest BCUT2D eigenvalue weighted by Gasteiger charge is 2.38. The third-order valence-electron chi connectivity index (χ3n) is 5.36. The minimum absolute atomic E-state index is 0.00935.